The van der Waals surface area contributed by atoms with Crippen LogP contribution in [0.1, 0.15) is 40.3 Å². The first-order valence-electron chi connectivity index (χ1n) is 12.9. The minimum Gasteiger partial charge on any atom is -0.356 e. The summed E-state index contributed by atoms with van der Waals surface area (Å²) in [6.07, 6.45) is -0.434. The number of benzene rings is 3. The number of hydrogen-bond acceptors (Lipinski definition) is 2. The van der Waals surface area contributed by atoms with Gasteiger partial charge in [-0.05, 0) is 53.1 Å². The van der Waals surface area contributed by atoms with Crippen LogP contribution in [0.15, 0.2) is 103 Å². The average Bonchev–Trinajstić information content (AvgIpc) is 3.31. The number of hydrogen-bond donors (Lipinski definition) is 1. The van der Waals surface area contributed by atoms with Crippen LogP contribution in [0.2, 0.25) is 0 Å². The summed E-state index contributed by atoms with van der Waals surface area (Å²) in [6.45, 7) is 0.795. The van der Waals surface area contributed by atoms with Crippen molar-refractivity contribution in [3.05, 3.63) is 137 Å². The highest BCUT2D eigenvalue weighted by Crippen LogP contribution is 2.38. The van der Waals surface area contributed by atoms with Gasteiger partial charge < -0.3 is 9.88 Å². The number of rotatable bonds is 9. The van der Waals surface area contributed by atoms with Gasteiger partial charge in [-0.2, -0.15) is 13.2 Å². The maximum Gasteiger partial charge on any atom is 0.416 e. The summed E-state index contributed by atoms with van der Waals surface area (Å²) in [5, 5.41) is 3.74. The van der Waals surface area contributed by atoms with Gasteiger partial charge in [-0.3, -0.25) is 9.78 Å². The normalized spacial score (nSPS) is 12.4. The summed E-state index contributed by atoms with van der Waals surface area (Å²) >= 11 is 0. The Labute approximate surface area is 229 Å². The summed E-state index contributed by atoms with van der Waals surface area (Å²) < 4.78 is 56.4. The minimum absolute atomic E-state index is 0.0336. The third-order valence-corrected chi connectivity index (χ3v) is 6.90. The third kappa shape index (κ3) is 6.39. The summed E-state index contributed by atoms with van der Waals surface area (Å²) in [5.74, 6) is -1.23. The smallest absolute Gasteiger partial charge is 0.356 e. The maximum atomic E-state index is 13.6. The third-order valence-electron chi connectivity index (χ3n) is 6.90. The van der Waals surface area contributed by atoms with Crippen molar-refractivity contribution in [2.24, 2.45) is 0 Å². The standard InChI is InChI=1S/C32H27F4N3O/c33-25-13-11-22(12-14-25)20-39-21-29(27-9-1-2-10-30(27)39)28(23-6-5-7-24(18-23)32(34,35)36)19-31(40)38-17-15-26-8-3-4-16-37-26/h1-14,16,18,21,28H,15,17,19-20H2,(H,38,40)/t28-/m1/s1. The molecule has 0 bridgehead atoms. The van der Waals surface area contributed by atoms with Crippen LogP contribution in [0.4, 0.5) is 17.6 Å². The SMILES string of the molecule is O=C(C[C@H](c1cccc(C(F)(F)F)c1)c1cn(Cc2ccc(F)cc2)c2ccccc12)NCCc1ccccn1. The predicted octanol–water partition coefficient (Wildman–Crippen LogP) is 7.12. The van der Waals surface area contributed by atoms with Crippen LogP contribution in [-0.4, -0.2) is 22.0 Å². The molecule has 0 fully saturated rings. The second-order valence-corrected chi connectivity index (χ2v) is 9.66. The van der Waals surface area contributed by atoms with Crippen molar-refractivity contribution in [2.75, 3.05) is 6.54 Å². The Morgan fingerprint density at radius 2 is 1.70 bits per heavy atom. The van der Waals surface area contributed by atoms with Crippen molar-refractivity contribution in [1.82, 2.24) is 14.9 Å². The largest absolute Gasteiger partial charge is 0.416 e. The van der Waals surface area contributed by atoms with Crippen LogP contribution in [0, 0.1) is 5.82 Å². The molecule has 0 aliphatic heterocycles. The molecule has 0 unspecified atom stereocenters. The highest BCUT2D eigenvalue weighted by atomic mass is 19.4. The van der Waals surface area contributed by atoms with Gasteiger partial charge in [-0.15, -0.1) is 0 Å². The number of para-hydroxylation sites is 1. The number of carbonyl (C=O) groups is 1. The van der Waals surface area contributed by atoms with Crippen molar-refractivity contribution in [3.8, 4) is 0 Å². The van der Waals surface area contributed by atoms with Crippen molar-refractivity contribution >= 4 is 16.8 Å². The molecule has 1 amide bonds. The topological polar surface area (TPSA) is 46.9 Å². The molecular formula is C32H27F4N3O. The van der Waals surface area contributed by atoms with Gasteiger partial charge in [-0.1, -0.05) is 54.6 Å². The van der Waals surface area contributed by atoms with Crippen LogP contribution in [0.3, 0.4) is 0 Å². The zero-order valence-electron chi connectivity index (χ0n) is 21.5. The molecule has 0 radical (unpaired) electrons. The first-order valence-corrected chi connectivity index (χ1v) is 12.9. The van der Waals surface area contributed by atoms with Gasteiger partial charge >= 0.3 is 6.18 Å². The van der Waals surface area contributed by atoms with Crippen LogP contribution in [-0.2, 0) is 23.9 Å². The summed E-state index contributed by atoms with van der Waals surface area (Å²) in [5.41, 5.74) is 2.96. The molecule has 5 rings (SSSR count). The number of nitrogens with one attached hydrogen (secondary N) is 1. The zero-order chi connectivity index (χ0) is 28.1. The van der Waals surface area contributed by atoms with E-state index in [4.69, 9.17) is 0 Å². The van der Waals surface area contributed by atoms with Gasteiger partial charge in [0, 0.05) is 60.8 Å². The Balaban J connectivity index is 1.49. The minimum atomic E-state index is -4.51. The molecule has 8 heteroatoms. The fraction of sp³-hybridized carbons (Fsp3) is 0.188. The quantitative estimate of drug-likeness (QED) is 0.201. The number of amides is 1. The van der Waals surface area contributed by atoms with Gasteiger partial charge in [0.25, 0.3) is 0 Å². The highest BCUT2D eigenvalue weighted by Gasteiger charge is 2.32. The molecule has 1 N–H and O–H groups in total. The first kappa shape index (κ1) is 27.1. The molecule has 2 heterocycles. The number of fused-ring (bicyclic) bond motifs is 1. The summed E-state index contributed by atoms with van der Waals surface area (Å²) in [7, 11) is 0. The van der Waals surface area contributed by atoms with E-state index in [9.17, 15) is 22.4 Å². The zero-order valence-corrected chi connectivity index (χ0v) is 21.5. The lowest BCUT2D eigenvalue weighted by Crippen LogP contribution is -2.27. The van der Waals surface area contributed by atoms with E-state index in [0.29, 0.717) is 25.1 Å². The van der Waals surface area contributed by atoms with Gasteiger partial charge in [0.2, 0.25) is 5.91 Å². The molecule has 3 aromatic carbocycles. The van der Waals surface area contributed by atoms with Crippen molar-refractivity contribution < 1.29 is 22.4 Å². The van der Waals surface area contributed by atoms with Crippen LogP contribution < -0.4 is 5.32 Å². The van der Waals surface area contributed by atoms with Crippen LogP contribution in [0.5, 0.6) is 0 Å². The Hall–Kier alpha value is -4.46. The van der Waals surface area contributed by atoms with Gasteiger partial charge in [0.15, 0.2) is 0 Å². The monoisotopic (exact) mass is 545 g/mol. The molecule has 5 aromatic rings. The molecule has 0 aliphatic rings. The van der Waals surface area contributed by atoms with Gasteiger partial charge in [-0.25, -0.2) is 4.39 Å². The predicted molar refractivity (Wildman–Crippen MR) is 146 cm³/mol. The van der Waals surface area contributed by atoms with Crippen LogP contribution in [0.25, 0.3) is 10.9 Å². The lowest BCUT2D eigenvalue weighted by atomic mass is 9.87. The highest BCUT2D eigenvalue weighted by molar-refractivity contribution is 5.87. The molecule has 0 saturated heterocycles. The molecule has 40 heavy (non-hydrogen) atoms. The van der Waals surface area contributed by atoms with E-state index in [1.807, 2.05) is 53.2 Å². The number of aromatic nitrogens is 2. The molecular weight excluding hydrogens is 518 g/mol. The van der Waals surface area contributed by atoms with E-state index in [-0.39, 0.29) is 18.1 Å². The fourth-order valence-corrected chi connectivity index (χ4v) is 4.94. The number of alkyl halides is 3. The van der Waals surface area contributed by atoms with E-state index in [0.717, 1.165) is 39.9 Å². The van der Waals surface area contributed by atoms with E-state index in [1.165, 1.54) is 18.2 Å². The van der Waals surface area contributed by atoms with E-state index >= 15 is 0 Å². The number of pyridine rings is 1. The van der Waals surface area contributed by atoms with Crippen molar-refractivity contribution in [1.29, 1.82) is 0 Å². The van der Waals surface area contributed by atoms with E-state index < -0.39 is 17.7 Å². The van der Waals surface area contributed by atoms with E-state index in [1.54, 1.807) is 24.4 Å². The summed E-state index contributed by atoms with van der Waals surface area (Å²) in [4.78, 5) is 17.4. The molecule has 204 valence electrons. The van der Waals surface area contributed by atoms with Gasteiger partial charge in [0.05, 0.1) is 5.56 Å². The Morgan fingerprint density at radius 1 is 0.925 bits per heavy atom. The number of carbonyl (C=O) groups excluding carboxylic acids is 1. The molecule has 2 aromatic heterocycles. The number of nitrogens with zero attached hydrogens (tertiary/aromatic N) is 2. The molecule has 0 saturated carbocycles. The molecule has 1 atom stereocenters. The fourth-order valence-electron chi connectivity index (χ4n) is 4.94. The van der Waals surface area contributed by atoms with Gasteiger partial charge in [0.1, 0.15) is 5.82 Å². The molecule has 0 aliphatic carbocycles. The Bertz CT molecular complexity index is 1590. The Morgan fingerprint density at radius 3 is 2.45 bits per heavy atom. The second-order valence-electron chi connectivity index (χ2n) is 9.66. The second kappa shape index (κ2) is 11.7. The lowest BCUT2D eigenvalue weighted by molar-refractivity contribution is -0.137. The van der Waals surface area contributed by atoms with Crippen molar-refractivity contribution in [3.63, 3.8) is 0 Å². The molecule has 4 nitrogen and oxygen atoms in total. The molecule has 0 spiro atoms. The van der Waals surface area contributed by atoms with Crippen LogP contribution >= 0.6 is 0 Å². The Kier molecular flexibility index (Phi) is 7.96. The van der Waals surface area contributed by atoms with E-state index in [2.05, 4.69) is 10.3 Å². The summed E-state index contributed by atoms with van der Waals surface area (Å²) in [6, 6.07) is 24.5. The lowest BCUT2D eigenvalue weighted by Gasteiger charge is -2.19. The van der Waals surface area contributed by atoms with Crippen molar-refractivity contribution in [2.45, 2.75) is 31.5 Å². The average molecular weight is 546 g/mol. The number of halogens is 4. The maximum absolute atomic E-state index is 13.6. The first-order chi connectivity index (χ1) is 19.3.